The van der Waals surface area contributed by atoms with Gasteiger partial charge in [-0.15, -0.1) is 21.5 Å². The second-order valence-corrected chi connectivity index (χ2v) is 6.76. The SMILES string of the molecule is O=C(Cc1csc(NC(=O)c2ccco2)n1)NCCc1nnc2ccccn12. The quantitative estimate of drug-likeness (QED) is 0.493. The fourth-order valence-corrected chi connectivity index (χ4v) is 3.32. The number of hydrogen-bond donors (Lipinski definition) is 2. The number of hydrogen-bond acceptors (Lipinski definition) is 7. The molecular formula is C18H16N6O3S. The van der Waals surface area contributed by atoms with E-state index in [2.05, 4.69) is 25.8 Å². The first-order chi connectivity index (χ1) is 13.7. The van der Waals surface area contributed by atoms with Crippen LogP contribution in [0.25, 0.3) is 5.65 Å². The highest BCUT2D eigenvalue weighted by atomic mass is 32.1. The lowest BCUT2D eigenvalue weighted by Crippen LogP contribution is -2.27. The van der Waals surface area contributed by atoms with Crippen molar-refractivity contribution in [3.05, 3.63) is 65.5 Å². The summed E-state index contributed by atoms with van der Waals surface area (Å²) < 4.78 is 6.92. The Hall–Kier alpha value is -3.53. The van der Waals surface area contributed by atoms with E-state index < -0.39 is 0 Å². The molecule has 9 nitrogen and oxygen atoms in total. The number of pyridine rings is 1. The Labute approximate surface area is 163 Å². The van der Waals surface area contributed by atoms with Crippen molar-refractivity contribution in [2.45, 2.75) is 12.8 Å². The number of aromatic nitrogens is 4. The van der Waals surface area contributed by atoms with Gasteiger partial charge in [0.05, 0.1) is 18.4 Å². The third-order valence-electron chi connectivity index (χ3n) is 3.91. The summed E-state index contributed by atoms with van der Waals surface area (Å²) in [5.41, 5.74) is 1.36. The molecule has 0 spiro atoms. The average Bonchev–Trinajstić information content (AvgIpc) is 3.43. The number of rotatable bonds is 7. The molecule has 28 heavy (non-hydrogen) atoms. The van der Waals surface area contributed by atoms with E-state index in [0.717, 1.165) is 11.5 Å². The molecule has 0 radical (unpaired) electrons. The summed E-state index contributed by atoms with van der Waals surface area (Å²) in [7, 11) is 0. The molecule has 4 aromatic heterocycles. The smallest absolute Gasteiger partial charge is 0.293 e. The molecule has 0 saturated carbocycles. The highest BCUT2D eigenvalue weighted by Crippen LogP contribution is 2.17. The van der Waals surface area contributed by atoms with E-state index in [1.165, 1.54) is 17.6 Å². The molecule has 0 fully saturated rings. The van der Waals surface area contributed by atoms with Crippen LogP contribution in [0.3, 0.4) is 0 Å². The van der Waals surface area contributed by atoms with Crippen LogP contribution in [-0.4, -0.2) is 37.9 Å². The van der Waals surface area contributed by atoms with Crippen LogP contribution in [0.15, 0.2) is 52.6 Å². The van der Waals surface area contributed by atoms with Crippen molar-refractivity contribution in [2.24, 2.45) is 0 Å². The van der Waals surface area contributed by atoms with Gasteiger partial charge < -0.3 is 9.73 Å². The van der Waals surface area contributed by atoms with Crippen LogP contribution in [-0.2, 0) is 17.6 Å². The van der Waals surface area contributed by atoms with Gasteiger partial charge in [-0.05, 0) is 24.3 Å². The van der Waals surface area contributed by atoms with E-state index in [4.69, 9.17) is 4.42 Å². The summed E-state index contributed by atoms with van der Waals surface area (Å²) in [6, 6.07) is 8.88. The van der Waals surface area contributed by atoms with Gasteiger partial charge in [-0.3, -0.25) is 19.3 Å². The Balaban J connectivity index is 1.26. The number of nitrogens with one attached hydrogen (secondary N) is 2. The lowest BCUT2D eigenvalue weighted by Gasteiger charge is -2.03. The van der Waals surface area contributed by atoms with Crippen molar-refractivity contribution < 1.29 is 14.0 Å². The lowest BCUT2D eigenvalue weighted by molar-refractivity contribution is -0.120. The molecule has 142 valence electrons. The largest absolute Gasteiger partial charge is 0.459 e. The molecule has 4 rings (SSSR count). The van der Waals surface area contributed by atoms with Crippen molar-refractivity contribution in [1.29, 1.82) is 0 Å². The summed E-state index contributed by atoms with van der Waals surface area (Å²) in [5, 5.41) is 15.9. The molecular weight excluding hydrogens is 380 g/mol. The Morgan fingerprint density at radius 1 is 1.18 bits per heavy atom. The Morgan fingerprint density at radius 3 is 2.96 bits per heavy atom. The number of amides is 2. The maximum absolute atomic E-state index is 12.1. The fourth-order valence-electron chi connectivity index (χ4n) is 2.61. The van der Waals surface area contributed by atoms with Crippen molar-refractivity contribution in [3.8, 4) is 0 Å². The molecule has 4 aromatic rings. The van der Waals surface area contributed by atoms with Gasteiger partial charge in [0.2, 0.25) is 5.91 Å². The zero-order valence-corrected chi connectivity index (χ0v) is 15.5. The number of furan rings is 1. The second-order valence-electron chi connectivity index (χ2n) is 5.90. The number of carbonyl (C=O) groups is 2. The van der Waals surface area contributed by atoms with Crippen LogP contribution < -0.4 is 10.6 Å². The predicted octanol–water partition coefficient (Wildman–Crippen LogP) is 1.93. The van der Waals surface area contributed by atoms with Gasteiger partial charge in [-0.1, -0.05) is 6.07 Å². The molecule has 0 aromatic carbocycles. The zero-order chi connectivity index (χ0) is 19.3. The van der Waals surface area contributed by atoms with E-state index in [0.29, 0.717) is 23.8 Å². The number of anilines is 1. The molecule has 0 bridgehead atoms. The van der Waals surface area contributed by atoms with E-state index >= 15 is 0 Å². The van der Waals surface area contributed by atoms with Gasteiger partial charge in [0, 0.05) is 24.5 Å². The minimum absolute atomic E-state index is 0.133. The summed E-state index contributed by atoms with van der Waals surface area (Å²) in [6.45, 7) is 0.445. The second kappa shape index (κ2) is 8.01. The highest BCUT2D eigenvalue weighted by Gasteiger charge is 2.13. The van der Waals surface area contributed by atoms with E-state index in [1.807, 2.05) is 28.8 Å². The molecule has 10 heteroatoms. The van der Waals surface area contributed by atoms with E-state index in [9.17, 15) is 9.59 Å². The maximum atomic E-state index is 12.1. The van der Waals surface area contributed by atoms with Crippen LogP contribution in [0, 0.1) is 0 Å². The van der Waals surface area contributed by atoms with Crippen molar-refractivity contribution in [1.82, 2.24) is 24.9 Å². The predicted molar refractivity (Wildman–Crippen MR) is 102 cm³/mol. The molecule has 4 heterocycles. The Bertz CT molecular complexity index is 1100. The zero-order valence-electron chi connectivity index (χ0n) is 14.7. The minimum atomic E-state index is -0.379. The summed E-state index contributed by atoms with van der Waals surface area (Å²) >= 11 is 1.25. The maximum Gasteiger partial charge on any atom is 0.293 e. The first kappa shape index (κ1) is 17.9. The molecule has 2 amide bonds. The van der Waals surface area contributed by atoms with Gasteiger partial charge in [0.1, 0.15) is 5.82 Å². The van der Waals surface area contributed by atoms with Gasteiger partial charge in [0.25, 0.3) is 5.91 Å². The number of fused-ring (bicyclic) bond motifs is 1. The van der Waals surface area contributed by atoms with Gasteiger partial charge in [-0.2, -0.15) is 0 Å². The van der Waals surface area contributed by atoms with Crippen LogP contribution in [0.1, 0.15) is 22.1 Å². The molecule has 2 N–H and O–H groups in total. The Kier molecular flexibility index (Phi) is 5.11. The molecule has 0 unspecified atom stereocenters. The average molecular weight is 396 g/mol. The van der Waals surface area contributed by atoms with Crippen LogP contribution >= 0.6 is 11.3 Å². The fraction of sp³-hybridized carbons (Fsp3) is 0.167. The van der Waals surface area contributed by atoms with Crippen molar-refractivity contribution in [2.75, 3.05) is 11.9 Å². The van der Waals surface area contributed by atoms with Gasteiger partial charge in [-0.25, -0.2) is 4.98 Å². The van der Waals surface area contributed by atoms with Crippen molar-refractivity contribution >= 4 is 33.9 Å². The van der Waals surface area contributed by atoms with E-state index in [1.54, 1.807) is 17.5 Å². The monoisotopic (exact) mass is 396 g/mol. The first-order valence-electron chi connectivity index (χ1n) is 8.53. The molecule has 0 saturated heterocycles. The number of carbonyl (C=O) groups excluding carboxylic acids is 2. The summed E-state index contributed by atoms with van der Waals surface area (Å²) in [6.07, 6.45) is 4.02. The first-order valence-corrected chi connectivity index (χ1v) is 9.41. The normalized spacial score (nSPS) is 10.9. The number of thiazole rings is 1. The van der Waals surface area contributed by atoms with Crippen LogP contribution in [0.5, 0.6) is 0 Å². The highest BCUT2D eigenvalue weighted by molar-refractivity contribution is 7.14. The van der Waals surface area contributed by atoms with Gasteiger partial charge in [0.15, 0.2) is 16.5 Å². The van der Waals surface area contributed by atoms with Gasteiger partial charge >= 0.3 is 0 Å². The molecule has 0 aliphatic carbocycles. The standard InChI is InChI=1S/C18H16N6O3S/c25-16(19-7-6-15-23-22-14-5-1-2-8-24(14)15)10-12-11-28-18(20-12)21-17(26)13-4-3-9-27-13/h1-5,8-9,11H,6-7,10H2,(H,19,25)(H,20,21,26). The van der Waals surface area contributed by atoms with E-state index in [-0.39, 0.29) is 24.0 Å². The Morgan fingerprint density at radius 2 is 2.11 bits per heavy atom. The lowest BCUT2D eigenvalue weighted by atomic mass is 10.3. The minimum Gasteiger partial charge on any atom is -0.459 e. The molecule has 0 atom stereocenters. The topological polar surface area (TPSA) is 114 Å². The molecule has 0 aliphatic heterocycles. The third-order valence-corrected chi connectivity index (χ3v) is 4.72. The van der Waals surface area contributed by atoms with Crippen LogP contribution in [0.4, 0.5) is 5.13 Å². The number of nitrogens with zero attached hydrogens (tertiary/aromatic N) is 4. The summed E-state index contributed by atoms with van der Waals surface area (Å²) in [5.74, 6) is 0.460. The van der Waals surface area contributed by atoms with Crippen molar-refractivity contribution in [3.63, 3.8) is 0 Å². The van der Waals surface area contributed by atoms with Crippen LogP contribution in [0.2, 0.25) is 0 Å². The summed E-state index contributed by atoms with van der Waals surface area (Å²) in [4.78, 5) is 28.3. The molecule has 0 aliphatic rings. The third kappa shape index (κ3) is 4.07.